The molecule has 0 spiro atoms. The molecule has 1 heterocycles. The van der Waals surface area contributed by atoms with Gasteiger partial charge in [-0.25, -0.2) is 4.98 Å². The Labute approximate surface area is 76.4 Å². The van der Waals surface area contributed by atoms with E-state index in [9.17, 15) is 0 Å². The number of anilines is 1. The first-order chi connectivity index (χ1) is 5.77. The van der Waals surface area contributed by atoms with Crippen LogP contribution in [0, 0.1) is 0 Å². The van der Waals surface area contributed by atoms with E-state index in [4.69, 9.17) is 5.73 Å². The van der Waals surface area contributed by atoms with Crippen LogP contribution in [0.4, 0.5) is 5.13 Å². The number of hydrogen-bond acceptors (Lipinski definition) is 3. The number of hydrogen-bond donors (Lipinski definition) is 1. The number of nitrogens with two attached hydrogens (primary N) is 1. The van der Waals surface area contributed by atoms with Crippen molar-refractivity contribution in [2.24, 2.45) is 0 Å². The zero-order valence-electron chi connectivity index (χ0n) is 7.24. The van der Waals surface area contributed by atoms with E-state index in [0.717, 1.165) is 10.6 Å². The normalized spacial score (nSPS) is 11.8. The predicted octanol–water partition coefficient (Wildman–Crippen LogP) is 2.79. The van der Waals surface area contributed by atoms with E-state index in [1.54, 1.807) is 0 Å². The second-order valence-corrected chi connectivity index (χ2v) is 3.36. The first-order valence-electron chi connectivity index (χ1n) is 3.79. The maximum absolute atomic E-state index is 5.58. The predicted molar refractivity (Wildman–Crippen MR) is 55.9 cm³/mol. The van der Waals surface area contributed by atoms with Crippen LogP contribution in [0.3, 0.4) is 0 Å². The van der Waals surface area contributed by atoms with Gasteiger partial charge in [0.15, 0.2) is 5.13 Å². The molecule has 0 aliphatic carbocycles. The van der Waals surface area contributed by atoms with Crippen LogP contribution < -0.4 is 5.73 Å². The van der Waals surface area contributed by atoms with Gasteiger partial charge in [0.2, 0.25) is 0 Å². The highest BCUT2D eigenvalue weighted by Gasteiger charge is 2.01. The molecule has 0 unspecified atom stereocenters. The van der Waals surface area contributed by atoms with E-state index in [1.165, 1.54) is 11.3 Å². The second kappa shape index (κ2) is 4.07. The Morgan fingerprint density at radius 2 is 1.92 bits per heavy atom. The lowest BCUT2D eigenvalue weighted by atomic mass is 10.3. The van der Waals surface area contributed by atoms with E-state index >= 15 is 0 Å². The Kier molecular flexibility index (Phi) is 3.05. The lowest BCUT2D eigenvalue weighted by Gasteiger charge is -1.85. The van der Waals surface area contributed by atoms with Gasteiger partial charge in [0.1, 0.15) is 0 Å². The molecule has 0 fully saturated rings. The summed E-state index contributed by atoms with van der Waals surface area (Å²) in [5, 5.41) is 0.621. The average molecular weight is 180 g/mol. The molecule has 1 rings (SSSR count). The van der Waals surface area contributed by atoms with E-state index in [0.29, 0.717) is 5.13 Å². The van der Waals surface area contributed by atoms with Gasteiger partial charge < -0.3 is 5.73 Å². The quantitative estimate of drug-likeness (QED) is 0.760. The summed E-state index contributed by atoms with van der Waals surface area (Å²) in [6.07, 6.45) is 7.92. The maximum Gasteiger partial charge on any atom is 0.181 e. The maximum atomic E-state index is 5.58. The third kappa shape index (κ3) is 1.95. The number of aromatic nitrogens is 1. The molecular formula is C9H12N2S. The van der Waals surface area contributed by atoms with E-state index in [-0.39, 0.29) is 0 Å². The fourth-order valence-corrected chi connectivity index (χ4v) is 1.70. The lowest BCUT2D eigenvalue weighted by molar-refractivity contribution is 1.38. The fraction of sp³-hybridized carbons (Fsp3) is 0.222. The highest BCUT2D eigenvalue weighted by atomic mass is 32.1. The summed E-state index contributed by atoms with van der Waals surface area (Å²) in [6, 6.07) is 0. The molecule has 1 aromatic heterocycles. The molecule has 0 aliphatic heterocycles. The molecule has 2 N–H and O–H groups in total. The lowest BCUT2D eigenvalue weighted by Crippen LogP contribution is -1.81. The first-order valence-corrected chi connectivity index (χ1v) is 4.61. The van der Waals surface area contributed by atoms with Gasteiger partial charge in [-0.1, -0.05) is 23.5 Å². The monoisotopic (exact) mass is 180 g/mol. The molecule has 0 atom stereocenters. The van der Waals surface area contributed by atoms with Gasteiger partial charge in [-0.3, -0.25) is 0 Å². The molecule has 0 aromatic carbocycles. The second-order valence-electron chi connectivity index (χ2n) is 2.30. The van der Waals surface area contributed by atoms with E-state index in [2.05, 4.69) is 4.98 Å². The van der Waals surface area contributed by atoms with Crippen molar-refractivity contribution < 1.29 is 0 Å². The van der Waals surface area contributed by atoms with Crippen LogP contribution >= 0.6 is 11.3 Å². The number of nitrogens with zero attached hydrogens (tertiary/aromatic N) is 1. The van der Waals surface area contributed by atoms with Crippen LogP contribution in [0.15, 0.2) is 12.2 Å². The summed E-state index contributed by atoms with van der Waals surface area (Å²) >= 11 is 1.51. The smallest absolute Gasteiger partial charge is 0.181 e. The topological polar surface area (TPSA) is 38.9 Å². The molecule has 0 saturated heterocycles. The minimum absolute atomic E-state index is 0.621. The highest BCUT2D eigenvalue weighted by Crippen LogP contribution is 2.22. The van der Waals surface area contributed by atoms with Gasteiger partial charge in [-0.05, 0) is 26.0 Å². The van der Waals surface area contributed by atoms with E-state index < -0.39 is 0 Å². The van der Waals surface area contributed by atoms with Crippen LogP contribution in [-0.4, -0.2) is 4.98 Å². The van der Waals surface area contributed by atoms with Crippen molar-refractivity contribution in [1.82, 2.24) is 4.98 Å². The molecule has 3 heteroatoms. The highest BCUT2D eigenvalue weighted by molar-refractivity contribution is 7.16. The Morgan fingerprint density at radius 3 is 2.50 bits per heavy atom. The molecule has 0 saturated carbocycles. The van der Waals surface area contributed by atoms with Crippen molar-refractivity contribution in [3.8, 4) is 0 Å². The molecule has 0 radical (unpaired) electrons. The standard InChI is InChI=1S/C9H12N2S/c1-3-5-7-8(6-4-2)12-9(10)11-7/h3-6H,1-2H3,(H2,10,11)/b5-3-,6-4-. The van der Waals surface area contributed by atoms with Crippen molar-refractivity contribution in [3.63, 3.8) is 0 Å². The van der Waals surface area contributed by atoms with Crippen LogP contribution in [0.25, 0.3) is 12.2 Å². The minimum atomic E-state index is 0.621. The van der Waals surface area contributed by atoms with Gasteiger partial charge in [-0.2, -0.15) is 0 Å². The molecule has 1 aromatic rings. The average Bonchev–Trinajstić information content (AvgIpc) is 2.33. The first kappa shape index (κ1) is 9.00. The zero-order chi connectivity index (χ0) is 8.97. The third-order valence-corrected chi connectivity index (χ3v) is 2.21. The van der Waals surface area contributed by atoms with Crippen molar-refractivity contribution in [2.45, 2.75) is 13.8 Å². The summed E-state index contributed by atoms with van der Waals surface area (Å²) in [5.74, 6) is 0. The number of nitrogen functional groups attached to an aromatic ring is 1. The summed E-state index contributed by atoms with van der Waals surface area (Å²) < 4.78 is 0. The molecule has 12 heavy (non-hydrogen) atoms. The molecule has 64 valence electrons. The summed E-state index contributed by atoms with van der Waals surface area (Å²) in [4.78, 5) is 5.30. The summed E-state index contributed by atoms with van der Waals surface area (Å²) in [5.41, 5.74) is 6.54. The number of thiazole rings is 1. The van der Waals surface area contributed by atoms with Gasteiger partial charge in [0.05, 0.1) is 10.6 Å². The van der Waals surface area contributed by atoms with Gasteiger partial charge >= 0.3 is 0 Å². The molecule has 0 aliphatic rings. The molecule has 0 amide bonds. The van der Waals surface area contributed by atoms with Crippen LogP contribution in [0.1, 0.15) is 24.4 Å². The van der Waals surface area contributed by atoms with Crippen molar-refractivity contribution in [3.05, 3.63) is 22.7 Å². The van der Waals surface area contributed by atoms with Crippen molar-refractivity contribution >= 4 is 28.6 Å². The van der Waals surface area contributed by atoms with Gasteiger partial charge in [0.25, 0.3) is 0 Å². The Hall–Kier alpha value is -1.09. The Balaban J connectivity index is 3.07. The van der Waals surface area contributed by atoms with Crippen molar-refractivity contribution in [1.29, 1.82) is 0 Å². The van der Waals surface area contributed by atoms with Gasteiger partial charge in [-0.15, -0.1) is 0 Å². The molecule has 2 nitrogen and oxygen atoms in total. The summed E-state index contributed by atoms with van der Waals surface area (Å²) in [7, 11) is 0. The van der Waals surface area contributed by atoms with E-state index in [1.807, 2.05) is 38.2 Å². The van der Waals surface area contributed by atoms with Gasteiger partial charge in [0, 0.05) is 0 Å². The SMILES string of the molecule is C/C=C\c1nc(N)sc1/C=C\C. The fourth-order valence-electron chi connectivity index (χ4n) is 0.910. The zero-order valence-corrected chi connectivity index (χ0v) is 8.06. The molecule has 0 bridgehead atoms. The number of rotatable bonds is 2. The Bertz CT molecular complexity index is 281. The van der Waals surface area contributed by atoms with Crippen LogP contribution in [-0.2, 0) is 0 Å². The van der Waals surface area contributed by atoms with Crippen LogP contribution in [0.5, 0.6) is 0 Å². The van der Waals surface area contributed by atoms with Crippen molar-refractivity contribution in [2.75, 3.05) is 5.73 Å². The summed E-state index contributed by atoms with van der Waals surface area (Å²) in [6.45, 7) is 3.95. The largest absolute Gasteiger partial charge is 0.375 e. The Morgan fingerprint density at radius 1 is 1.25 bits per heavy atom. The molecular weight excluding hydrogens is 168 g/mol. The van der Waals surface area contributed by atoms with Crippen LogP contribution in [0.2, 0.25) is 0 Å². The number of allylic oxidation sites excluding steroid dienone is 2. The third-order valence-electron chi connectivity index (χ3n) is 1.34. The minimum Gasteiger partial charge on any atom is -0.375 e.